The van der Waals surface area contributed by atoms with Crippen LogP contribution < -0.4 is 5.32 Å². The van der Waals surface area contributed by atoms with Gasteiger partial charge in [0.2, 0.25) is 5.91 Å². The molecule has 1 aliphatic rings. The van der Waals surface area contributed by atoms with Crippen LogP contribution in [0.4, 0.5) is 0 Å². The molecule has 1 saturated heterocycles. The van der Waals surface area contributed by atoms with E-state index in [9.17, 15) is 19.2 Å². The second-order valence-corrected chi connectivity index (χ2v) is 4.93. The Bertz CT molecular complexity index is 618. The second kappa shape index (κ2) is 5.39. The van der Waals surface area contributed by atoms with Gasteiger partial charge in [-0.15, -0.1) is 0 Å². The van der Waals surface area contributed by atoms with Crippen molar-refractivity contribution in [3.8, 4) is 0 Å². The Morgan fingerprint density at radius 2 is 2.10 bits per heavy atom. The molecule has 21 heavy (non-hydrogen) atoms. The molecule has 1 aromatic heterocycles. The number of hydrogen-bond acceptors (Lipinski definition) is 5. The fourth-order valence-corrected chi connectivity index (χ4v) is 2.10. The van der Waals surface area contributed by atoms with Gasteiger partial charge in [0.1, 0.15) is 12.3 Å². The van der Waals surface area contributed by atoms with E-state index in [2.05, 4.69) is 5.32 Å². The number of furan rings is 1. The fourth-order valence-electron chi connectivity index (χ4n) is 2.10. The van der Waals surface area contributed by atoms with Gasteiger partial charge in [-0.3, -0.25) is 19.3 Å². The number of carbonyl (C=O) groups excluding carboxylic acids is 3. The predicted molar refractivity (Wildman–Crippen MR) is 68.5 cm³/mol. The number of likely N-dealkylation sites (tertiary alicyclic amines) is 1. The molecule has 0 aromatic carbocycles. The highest BCUT2D eigenvalue weighted by Crippen LogP contribution is 2.17. The van der Waals surface area contributed by atoms with Gasteiger partial charge in [0.05, 0.1) is 12.0 Å². The summed E-state index contributed by atoms with van der Waals surface area (Å²) in [6.07, 6.45) is 0.814. The molecule has 1 aliphatic heterocycles. The summed E-state index contributed by atoms with van der Waals surface area (Å²) in [5.41, 5.74) is -0.169. The van der Waals surface area contributed by atoms with Gasteiger partial charge in [-0.25, -0.2) is 4.79 Å². The van der Waals surface area contributed by atoms with Crippen LogP contribution in [-0.2, 0) is 9.59 Å². The molecule has 8 heteroatoms. The van der Waals surface area contributed by atoms with Crippen LogP contribution in [0.1, 0.15) is 41.2 Å². The molecule has 3 amide bonds. The third-order valence-corrected chi connectivity index (χ3v) is 3.07. The summed E-state index contributed by atoms with van der Waals surface area (Å²) < 4.78 is 4.83. The topological polar surface area (TPSA) is 117 Å². The molecule has 1 fully saturated rings. The van der Waals surface area contributed by atoms with Crippen molar-refractivity contribution in [2.75, 3.05) is 0 Å². The largest absolute Gasteiger partial charge is 0.478 e. The second-order valence-electron chi connectivity index (χ2n) is 4.93. The SMILES string of the molecule is CC(C)N1C(=O)CC(NC(=O)c2cc(C(=O)O)co2)C1=O. The van der Waals surface area contributed by atoms with Crippen molar-refractivity contribution < 1.29 is 28.7 Å². The Morgan fingerprint density at radius 1 is 1.43 bits per heavy atom. The van der Waals surface area contributed by atoms with Crippen LogP contribution in [0.5, 0.6) is 0 Å². The van der Waals surface area contributed by atoms with Gasteiger partial charge in [-0.1, -0.05) is 0 Å². The van der Waals surface area contributed by atoms with E-state index < -0.39 is 23.8 Å². The predicted octanol–water partition coefficient (Wildman–Crippen LogP) is 0.243. The number of nitrogens with one attached hydrogen (secondary N) is 1. The van der Waals surface area contributed by atoms with Crippen molar-refractivity contribution in [3.63, 3.8) is 0 Å². The van der Waals surface area contributed by atoms with Crippen molar-refractivity contribution in [2.24, 2.45) is 0 Å². The van der Waals surface area contributed by atoms with E-state index in [4.69, 9.17) is 9.52 Å². The molecule has 2 rings (SSSR count). The molecule has 0 spiro atoms. The van der Waals surface area contributed by atoms with E-state index >= 15 is 0 Å². The van der Waals surface area contributed by atoms with E-state index in [0.717, 1.165) is 17.2 Å². The molecular weight excluding hydrogens is 280 g/mol. The number of carboxylic acid groups (broad SMARTS) is 1. The highest BCUT2D eigenvalue weighted by molar-refractivity contribution is 6.08. The zero-order chi connectivity index (χ0) is 15.7. The third kappa shape index (κ3) is 2.78. The number of amides is 3. The zero-order valence-electron chi connectivity index (χ0n) is 11.5. The van der Waals surface area contributed by atoms with Crippen LogP contribution in [-0.4, -0.2) is 45.8 Å². The molecule has 2 heterocycles. The van der Waals surface area contributed by atoms with Crippen molar-refractivity contribution in [2.45, 2.75) is 32.4 Å². The average molecular weight is 294 g/mol. The summed E-state index contributed by atoms with van der Waals surface area (Å²) in [6, 6.07) is -0.182. The van der Waals surface area contributed by atoms with Crippen LogP contribution in [0, 0.1) is 0 Å². The summed E-state index contributed by atoms with van der Waals surface area (Å²) in [4.78, 5) is 47.4. The number of aromatic carboxylic acids is 1. The minimum Gasteiger partial charge on any atom is -0.478 e. The monoisotopic (exact) mass is 294 g/mol. The van der Waals surface area contributed by atoms with E-state index in [1.165, 1.54) is 0 Å². The summed E-state index contributed by atoms with van der Waals surface area (Å²) >= 11 is 0. The van der Waals surface area contributed by atoms with Crippen LogP contribution in [0.2, 0.25) is 0 Å². The summed E-state index contributed by atoms with van der Waals surface area (Å²) in [7, 11) is 0. The molecular formula is C13H14N2O6. The van der Waals surface area contributed by atoms with E-state index in [0.29, 0.717) is 0 Å². The number of nitrogens with zero attached hydrogens (tertiary/aromatic N) is 1. The van der Waals surface area contributed by atoms with Crippen molar-refractivity contribution >= 4 is 23.7 Å². The Hall–Kier alpha value is -2.64. The lowest BCUT2D eigenvalue weighted by molar-refractivity contribution is -0.140. The van der Waals surface area contributed by atoms with Crippen LogP contribution in [0.3, 0.4) is 0 Å². The first-order valence-corrected chi connectivity index (χ1v) is 6.30. The van der Waals surface area contributed by atoms with Crippen LogP contribution in [0.15, 0.2) is 16.7 Å². The first-order chi connectivity index (χ1) is 9.81. The maximum Gasteiger partial charge on any atom is 0.338 e. The number of hydrogen-bond donors (Lipinski definition) is 2. The number of carboxylic acids is 1. The van der Waals surface area contributed by atoms with Gasteiger partial charge in [-0.2, -0.15) is 0 Å². The van der Waals surface area contributed by atoms with Crippen molar-refractivity contribution in [1.82, 2.24) is 10.2 Å². The minimum atomic E-state index is -1.23. The minimum absolute atomic E-state index is 0.116. The van der Waals surface area contributed by atoms with Gasteiger partial charge in [-0.05, 0) is 13.8 Å². The lowest BCUT2D eigenvalue weighted by atomic mass is 10.2. The summed E-state index contributed by atoms with van der Waals surface area (Å²) in [6.45, 7) is 3.40. The lowest BCUT2D eigenvalue weighted by Crippen LogP contribution is -2.43. The maximum atomic E-state index is 12.0. The quantitative estimate of drug-likeness (QED) is 0.768. The number of imide groups is 1. The van der Waals surface area contributed by atoms with Crippen LogP contribution >= 0.6 is 0 Å². The molecule has 0 aliphatic carbocycles. The Balaban J connectivity index is 2.08. The van der Waals surface area contributed by atoms with Crippen molar-refractivity contribution in [1.29, 1.82) is 0 Å². The van der Waals surface area contributed by atoms with Crippen LogP contribution in [0.25, 0.3) is 0 Å². The Kier molecular flexibility index (Phi) is 3.79. The summed E-state index contributed by atoms with van der Waals surface area (Å²) in [5.74, 6) is -3.02. The lowest BCUT2D eigenvalue weighted by Gasteiger charge is -2.18. The zero-order valence-corrected chi connectivity index (χ0v) is 11.5. The van der Waals surface area contributed by atoms with Gasteiger partial charge in [0, 0.05) is 12.1 Å². The molecule has 0 bridgehead atoms. The molecule has 2 N–H and O–H groups in total. The average Bonchev–Trinajstić information content (AvgIpc) is 2.95. The summed E-state index contributed by atoms with van der Waals surface area (Å²) in [5, 5.41) is 11.1. The molecule has 1 unspecified atom stereocenters. The Morgan fingerprint density at radius 3 is 2.57 bits per heavy atom. The van der Waals surface area contributed by atoms with Gasteiger partial charge in [0.25, 0.3) is 11.8 Å². The highest BCUT2D eigenvalue weighted by Gasteiger charge is 2.41. The van der Waals surface area contributed by atoms with Gasteiger partial charge in [0.15, 0.2) is 5.76 Å². The van der Waals surface area contributed by atoms with Crippen molar-refractivity contribution in [3.05, 3.63) is 23.7 Å². The van der Waals surface area contributed by atoms with E-state index in [-0.39, 0.29) is 29.7 Å². The van der Waals surface area contributed by atoms with Gasteiger partial charge >= 0.3 is 5.97 Å². The van der Waals surface area contributed by atoms with E-state index in [1.54, 1.807) is 13.8 Å². The normalized spacial score (nSPS) is 18.4. The number of carbonyl (C=O) groups is 4. The third-order valence-electron chi connectivity index (χ3n) is 3.07. The molecule has 0 saturated carbocycles. The van der Waals surface area contributed by atoms with E-state index in [1.807, 2.05) is 0 Å². The van der Waals surface area contributed by atoms with Gasteiger partial charge < -0.3 is 14.8 Å². The maximum absolute atomic E-state index is 12.0. The standard InChI is InChI=1S/C13H14N2O6/c1-6(2)15-10(16)4-8(12(15)18)14-11(17)9-3-7(5-21-9)13(19)20/h3,5-6,8H,4H2,1-2H3,(H,14,17)(H,19,20). The number of rotatable bonds is 4. The first-order valence-electron chi connectivity index (χ1n) is 6.30. The smallest absolute Gasteiger partial charge is 0.338 e. The molecule has 1 atom stereocenters. The molecule has 112 valence electrons. The molecule has 8 nitrogen and oxygen atoms in total. The fraction of sp³-hybridized carbons (Fsp3) is 0.385. The molecule has 0 radical (unpaired) electrons. The Labute approximate surface area is 119 Å². The first kappa shape index (κ1) is 14.8. The molecule has 1 aromatic rings. The highest BCUT2D eigenvalue weighted by atomic mass is 16.4.